The number of hydrogen-bond acceptors (Lipinski definition) is 5. The number of rotatable bonds is 7. The monoisotopic (exact) mass is 363 g/mol. The lowest BCUT2D eigenvalue weighted by Gasteiger charge is -2.13. The molecule has 0 saturated carbocycles. The zero-order chi connectivity index (χ0) is 18.4. The molecule has 0 aliphatic carbocycles. The molecule has 0 radical (unpaired) electrons. The van der Waals surface area contributed by atoms with E-state index in [-0.39, 0.29) is 12.4 Å². The van der Waals surface area contributed by atoms with Crippen LogP contribution in [0.1, 0.15) is 17.3 Å². The summed E-state index contributed by atoms with van der Waals surface area (Å²) in [4.78, 5) is 23.8. The molecular formula is C18H18ClNO5. The second kappa shape index (κ2) is 8.39. The molecule has 7 heteroatoms. The highest BCUT2D eigenvalue weighted by molar-refractivity contribution is 6.31. The molecule has 2 aromatic carbocycles. The summed E-state index contributed by atoms with van der Waals surface area (Å²) in [7, 11) is 3.04. The fourth-order valence-electron chi connectivity index (χ4n) is 2.13. The lowest BCUT2D eigenvalue weighted by Crippen LogP contribution is -2.21. The number of ether oxygens (including phenoxy) is 3. The van der Waals surface area contributed by atoms with Crippen LogP contribution >= 0.6 is 11.6 Å². The van der Waals surface area contributed by atoms with E-state index in [1.54, 1.807) is 37.4 Å². The number of hydrogen-bond donors (Lipinski definition) is 1. The van der Waals surface area contributed by atoms with Crippen molar-refractivity contribution in [1.29, 1.82) is 0 Å². The molecule has 0 bridgehead atoms. The number of Topliss-reactive ketones (excluding diaryl/α,β-unsaturated/α-hetero) is 1. The Morgan fingerprint density at radius 1 is 1.04 bits per heavy atom. The van der Waals surface area contributed by atoms with Crippen molar-refractivity contribution in [3.05, 3.63) is 47.0 Å². The van der Waals surface area contributed by atoms with Gasteiger partial charge in [0, 0.05) is 11.1 Å². The Labute approximate surface area is 150 Å². The molecule has 0 spiro atoms. The number of methoxy groups -OCH3 is 2. The summed E-state index contributed by atoms with van der Waals surface area (Å²) in [5.41, 5.74) is 0.808. The fraction of sp³-hybridized carbons (Fsp3) is 0.222. The molecule has 0 aliphatic heterocycles. The van der Waals surface area contributed by atoms with E-state index in [9.17, 15) is 9.59 Å². The Kier molecular flexibility index (Phi) is 6.25. The van der Waals surface area contributed by atoms with Crippen molar-refractivity contribution >= 4 is 29.0 Å². The molecule has 0 fully saturated rings. The summed E-state index contributed by atoms with van der Waals surface area (Å²) in [5.74, 6) is 0.776. The van der Waals surface area contributed by atoms with Gasteiger partial charge in [-0.3, -0.25) is 9.59 Å². The van der Waals surface area contributed by atoms with Crippen LogP contribution in [0.5, 0.6) is 17.2 Å². The predicted molar refractivity (Wildman–Crippen MR) is 95.1 cm³/mol. The van der Waals surface area contributed by atoms with Crippen LogP contribution in [0.4, 0.5) is 5.69 Å². The third kappa shape index (κ3) is 4.87. The van der Waals surface area contributed by atoms with Crippen molar-refractivity contribution in [1.82, 2.24) is 0 Å². The molecule has 0 atom stereocenters. The van der Waals surface area contributed by atoms with Crippen molar-refractivity contribution in [3.8, 4) is 17.2 Å². The number of carbonyl (C=O) groups excluding carboxylic acids is 2. The Morgan fingerprint density at radius 2 is 1.80 bits per heavy atom. The molecular weight excluding hydrogens is 346 g/mol. The van der Waals surface area contributed by atoms with Gasteiger partial charge in [0.05, 0.1) is 25.5 Å². The van der Waals surface area contributed by atoms with Crippen molar-refractivity contribution < 1.29 is 23.8 Å². The summed E-state index contributed by atoms with van der Waals surface area (Å²) in [5, 5.41) is 3.11. The first-order valence-corrected chi connectivity index (χ1v) is 7.77. The van der Waals surface area contributed by atoms with Gasteiger partial charge < -0.3 is 19.5 Å². The summed E-state index contributed by atoms with van der Waals surface area (Å²) in [6.45, 7) is 1.14. The Balaban J connectivity index is 2.06. The number of halogens is 1. The largest absolute Gasteiger partial charge is 0.497 e. The minimum Gasteiger partial charge on any atom is -0.497 e. The van der Waals surface area contributed by atoms with Gasteiger partial charge in [-0.2, -0.15) is 0 Å². The van der Waals surface area contributed by atoms with E-state index < -0.39 is 5.91 Å². The Bertz CT molecular complexity index is 791. The third-order valence-electron chi connectivity index (χ3n) is 3.36. The van der Waals surface area contributed by atoms with Crippen molar-refractivity contribution in [2.75, 3.05) is 26.1 Å². The Morgan fingerprint density at radius 3 is 2.44 bits per heavy atom. The standard InChI is InChI=1S/C18H18ClNO5/c1-11(21)14-8-12(19)4-7-16(14)25-10-18(22)20-15-6-5-13(23-2)9-17(15)24-3/h4-9H,10H2,1-3H3,(H,20,22). The topological polar surface area (TPSA) is 73.9 Å². The summed E-state index contributed by atoms with van der Waals surface area (Å²) >= 11 is 5.88. The van der Waals surface area contributed by atoms with Gasteiger partial charge in [0.25, 0.3) is 5.91 Å². The zero-order valence-electron chi connectivity index (χ0n) is 14.1. The van der Waals surface area contributed by atoms with Gasteiger partial charge >= 0.3 is 0 Å². The van der Waals surface area contributed by atoms with Gasteiger partial charge in [-0.15, -0.1) is 0 Å². The van der Waals surface area contributed by atoms with E-state index in [1.807, 2.05) is 0 Å². The molecule has 0 aliphatic rings. The number of ketones is 1. The van der Waals surface area contributed by atoms with Gasteiger partial charge in [0.15, 0.2) is 12.4 Å². The van der Waals surface area contributed by atoms with Crippen LogP contribution in [0, 0.1) is 0 Å². The fourth-order valence-corrected chi connectivity index (χ4v) is 2.31. The lowest BCUT2D eigenvalue weighted by atomic mass is 10.1. The number of nitrogens with one attached hydrogen (secondary N) is 1. The van der Waals surface area contributed by atoms with E-state index in [1.165, 1.54) is 20.1 Å². The lowest BCUT2D eigenvalue weighted by molar-refractivity contribution is -0.118. The maximum atomic E-state index is 12.1. The highest BCUT2D eigenvalue weighted by atomic mass is 35.5. The van der Waals surface area contributed by atoms with Crippen LogP contribution in [0.25, 0.3) is 0 Å². The molecule has 1 amide bonds. The first kappa shape index (κ1) is 18.6. The van der Waals surface area contributed by atoms with Crippen LogP contribution < -0.4 is 19.5 Å². The van der Waals surface area contributed by atoms with Crippen LogP contribution in [-0.2, 0) is 4.79 Å². The van der Waals surface area contributed by atoms with Crippen LogP contribution in [0.15, 0.2) is 36.4 Å². The minimum absolute atomic E-state index is 0.199. The minimum atomic E-state index is -0.395. The van der Waals surface area contributed by atoms with Gasteiger partial charge in [0.2, 0.25) is 0 Å². The smallest absolute Gasteiger partial charge is 0.262 e. The predicted octanol–water partition coefficient (Wildman–Crippen LogP) is 3.58. The molecule has 0 unspecified atom stereocenters. The number of anilines is 1. The molecule has 2 rings (SSSR count). The van der Waals surface area contributed by atoms with E-state index in [2.05, 4.69) is 5.32 Å². The SMILES string of the molecule is COc1ccc(NC(=O)COc2ccc(Cl)cc2C(C)=O)c(OC)c1. The van der Waals surface area contributed by atoms with E-state index in [4.69, 9.17) is 25.8 Å². The maximum Gasteiger partial charge on any atom is 0.262 e. The van der Waals surface area contributed by atoms with Gasteiger partial charge in [-0.05, 0) is 37.3 Å². The summed E-state index contributed by atoms with van der Waals surface area (Å²) in [6.07, 6.45) is 0. The van der Waals surface area contributed by atoms with Crippen molar-refractivity contribution in [2.24, 2.45) is 0 Å². The first-order valence-electron chi connectivity index (χ1n) is 7.39. The summed E-state index contributed by atoms with van der Waals surface area (Å²) < 4.78 is 15.8. The van der Waals surface area contributed by atoms with Crippen LogP contribution in [-0.4, -0.2) is 32.5 Å². The van der Waals surface area contributed by atoms with Gasteiger partial charge in [-0.1, -0.05) is 11.6 Å². The van der Waals surface area contributed by atoms with Crippen LogP contribution in [0.3, 0.4) is 0 Å². The molecule has 0 aromatic heterocycles. The highest BCUT2D eigenvalue weighted by Gasteiger charge is 2.13. The van der Waals surface area contributed by atoms with Gasteiger partial charge in [0.1, 0.15) is 17.2 Å². The molecule has 0 saturated heterocycles. The summed E-state index contributed by atoms with van der Waals surface area (Å²) in [6, 6.07) is 9.67. The van der Waals surface area contributed by atoms with E-state index in [0.717, 1.165) is 0 Å². The molecule has 2 aromatic rings. The first-order chi connectivity index (χ1) is 11.9. The van der Waals surface area contributed by atoms with Crippen molar-refractivity contribution in [2.45, 2.75) is 6.92 Å². The second-order valence-electron chi connectivity index (χ2n) is 5.10. The average molecular weight is 364 g/mol. The van der Waals surface area contributed by atoms with E-state index in [0.29, 0.717) is 33.5 Å². The molecule has 1 N–H and O–H groups in total. The molecule has 132 valence electrons. The molecule has 25 heavy (non-hydrogen) atoms. The number of benzene rings is 2. The molecule has 6 nitrogen and oxygen atoms in total. The number of amides is 1. The third-order valence-corrected chi connectivity index (χ3v) is 3.60. The Hall–Kier alpha value is -2.73. The normalized spacial score (nSPS) is 10.1. The zero-order valence-corrected chi connectivity index (χ0v) is 14.8. The van der Waals surface area contributed by atoms with Gasteiger partial charge in [-0.25, -0.2) is 0 Å². The van der Waals surface area contributed by atoms with Crippen molar-refractivity contribution in [3.63, 3.8) is 0 Å². The molecule has 0 heterocycles. The highest BCUT2D eigenvalue weighted by Crippen LogP contribution is 2.29. The quantitative estimate of drug-likeness (QED) is 0.761. The maximum absolute atomic E-state index is 12.1. The second-order valence-corrected chi connectivity index (χ2v) is 5.54. The average Bonchev–Trinajstić information content (AvgIpc) is 2.60. The number of carbonyl (C=O) groups is 2. The van der Waals surface area contributed by atoms with E-state index >= 15 is 0 Å². The van der Waals surface area contributed by atoms with Crippen LogP contribution in [0.2, 0.25) is 5.02 Å².